The molecule has 0 N–H and O–H groups in total. The third-order valence-electron chi connectivity index (χ3n) is 5.57. The van der Waals surface area contributed by atoms with E-state index < -0.39 is 11.9 Å². The second kappa shape index (κ2) is 8.57. The van der Waals surface area contributed by atoms with Crippen molar-refractivity contribution in [1.82, 2.24) is 14.7 Å². The number of carbonyl (C=O) groups excluding carboxylic acids is 1. The monoisotopic (exact) mass is 445 g/mol. The van der Waals surface area contributed by atoms with E-state index in [2.05, 4.69) is 5.10 Å². The van der Waals surface area contributed by atoms with Crippen LogP contribution in [0.15, 0.2) is 54.7 Å². The lowest BCUT2D eigenvalue weighted by Crippen LogP contribution is -2.30. The largest absolute Gasteiger partial charge is 0.497 e. The van der Waals surface area contributed by atoms with Crippen molar-refractivity contribution >= 4 is 5.91 Å². The highest BCUT2D eigenvalue weighted by Crippen LogP contribution is 2.39. The van der Waals surface area contributed by atoms with Crippen LogP contribution in [0.2, 0.25) is 0 Å². The molecule has 0 radical (unpaired) electrons. The maximum atomic E-state index is 13.2. The van der Waals surface area contributed by atoms with Crippen molar-refractivity contribution < 1.29 is 27.4 Å². The first-order valence-electron chi connectivity index (χ1n) is 10.1. The molecule has 0 spiro atoms. The van der Waals surface area contributed by atoms with E-state index in [1.807, 2.05) is 12.1 Å². The fourth-order valence-electron chi connectivity index (χ4n) is 3.97. The number of nitrogens with zero attached hydrogens (tertiary/aromatic N) is 3. The summed E-state index contributed by atoms with van der Waals surface area (Å²) in [5.41, 5.74) is 0.834. The summed E-state index contributed by atoms with van der Waals surface area (Å²) in [4.78, 5) is 15.0. The third-order valence-corrected chi connectivity index (χ3v) is 5.57. The number of hydrogen-bond donors (Lipinski definition) is 0. The number of carbonyl (C=O) groups is 1. The zero-order chi connectivity index (χ0) is 22.9. The minimum absolute atomic E-state index is 0.136. The van der Waals surface area contributed by atoms with Gasteiger partial charge in [0.05, 0.1) is 25.9 Å². The first-order valence-corrected chi connectivity index (χ1v) is 10.1. The third kappa shape index (κ3) is 4.15. The van der Waals surface area contributed by atoms with E-state index in [9.17, 15) is 18.0 Å². The zero-order valence-corrected chi connectivity index (χ0v) is 17.6. The number of benzene rings is 2. The molecular formula is C23H22F3N3O3. The van der Waals surface area contributed by atoms with E-state index in [4.69, 9.17) is 9.47 Å². The van der Waals surface area contributed by atoms with Gasteiger partial charge < -0.3 is 14.4 Å². The second-order valence-corrected chi connectivity index (χ2v) is 7.45. The Labute approximate surface area is 183 Å². The number of likely N-dealkylation sites (tertiary alicyclic amines) is 1. The number of hydrogen-bond acceptors (Lipinski definition) is 4. The van der Waals surface area contributed by atoms with Crippen molar-refractivity contribution in [2.45, 2.75) is 25.1 Å². The molecule has 1 aromatic heterocycles. The van der Waals surface area contributed by atoms with Crippen LogP contribution >= 0.6 is 0 Å². The summed E-state index contributed by atoms with van der Waals surface area (Å²) in [7, 11) is 3.16. The first kappa shape index (κ1) is 21.7. The molecule has 2 heterocycles. The maximum Gasteiger partial charge on any atom is 0.435 e. The van der Waals surface area contributed by atoms with Gasteiger partial charge in [-0.3, -0.25) is 4.79 Å². The van der Waals surface area contributed by atoms with Crippen LogP contribution < -0.4 is 9.47 Å². The van der Waals surface area contributed by atoms with Crippen molar-refractivity contribution in [3.05, 3.63) is 71.5 Å². The van der Waals surface area contributed by atoms with E-state index in [1.165, 1.54) is 6.20 Å². The van der Waals surface area contributed by atoms with Gasteiger partial charge in [0.1, 0.15) is 11.5 Å². The Kier molecular flexibility index (Phi) is 5.82. The van der Waals surface area contributed by atoms with Gasteiger partial charge in [0.25, 0.3) is 5.91 Å². The molecule has 3 aromatic rings. The van der Waals surface area contributed by atoms with Gasteiger partial charge in [-0.2, -0.15) is 18.3 Å². The average molecular weight is 445 g/mol. The number of ether oxygens (including phenoxy) is 2. The minimum atomic E-state index is -4.51. The normalized spacial score (nSPS) is 16.3. The number of aromatic nitrogens is 2. The van der Waals surface area contributed by atoms with Gasteiger partial charge >= 0.3 is 6.18 Å². The Morgan fingerprint density at radius 3 is 2.44 bits per heavy atom. The lowest BCUT2D eigenvalue weighted by atomic mass is 10.0. The fraction of sp³-hybridized carbons (Fsp3) is 0.304. The summed E-state index contributed by atoms with van der Waals surface area (Å²) in [6, 6.07) is 12.7. The first-order chi connectivity index (χ1) is 15.3. The summed E-state index contributed by atoms with van der Waals surface area (Å²) < 4.78 is 50.3. The van der Waals surface area contributed by atoms with E-state index >= 15 is 0 Å². The van der Waals surface area contributed by atoms with Crippen LogP contribution in [-0.4, -0.2) is 41.4 Å². The zero-order valence-electron chi connectivity index (χ0n) is 17.6. The molecule has 32 heavy (non-hydrogen) atoms. The van der Waals surface area contributed by atoms with E-state index in [0.717, 1.165) is 29.2 Å². The highest BCUT2D eigenvalue weighted by molar-refractivity contribution is 5.95. The van der Waals surface area contributed by atoms with Crippen molar-refractivity contribution in [2.24, 2.45) is 0 Å². The molecule has 4 rings (SSSR count). The van der Waals surface area contributed by atoms with Gasteiger partial charge in [-0.05, 0) is 55.3 Å². The standard InChI is InChI=1S/C23H22F3N3O3/c1-31-17-9-10-18(20(14-17)32-2)19-4-3-12-28(19)22(30)15-5-7-16(8-6-15)29-13-11-21(27-29)23(24,25)26/h5-11,13-14,19H,3-4,12H2,1-2H3. The van der Waals surface area contributed by atoms with E-state index in [1.54, 1.807) is 49.5 Å². The quantitative estimate of drug-likeness (QED) is 0.562. The van der Waals surface area contributed by atoms with Gasteiger partial charge in [0.15, 0.2) is 5.69 Å². The molecule has 0 saturated carbocycles. The highest BCUT2D eigenvalue weighted by atomic mass is 19.4. The van der Waals surface area contributed by atoms with Crippen LogP contribution in [-0.2, 0) is 6.18 Å². The number of amides is 1. The lowest BCUT2D eigenvalue weighted by molar-refractivity contribution is -0.141. The molecule has 1 aliphatic rings. The lowest BCUT2D eigenvalue weighted by Gasteiger charge is -2.26. The Hall–Kier alpha value is -3.49. The van der Waals surface area contributed by atoms with Gasteiger partial charge in [-0.25, -0.2) is 4.68 Å². The second-order valence-electron chi connectivity index (χ2n) is 7.45. The molecule has 1 aliphatic heterocycles. The Morgan fingerprint density at radius 2 is 1.81 bits per heavy atom. The Morgan fingerprint density at radius 1 is 1.06 bits per heavy atom. The van der Waals surface area contributed by atoms with Crippen molar-refractivity contribution in [3.63, 3.8) is 0 Å². The number of rotatable bonds is 5. The molecule has 0 bridgehead atoms. The van der Waals surface area contributed by atoms with Crippen LogP contribution in [0.3, 0.4) is 0 Å². The average Bonchev–Trinajstić information content (AvgIpc) is 3.48. The summed E-state index contributed by atoms with van der Waals surface area (Å²) in [6.45, 7) is 0.606. The van der Waals surface area contributed by atoms with Crippen molar-refractivity contribution in [2.75, 3.05) is 20.8 Å². The van der Waals surface area contributed by atoms with Crippen molar-refractivity contribution in [3.8, 4) is 17.2 Å². The molecule has 1 amide bonds. The molecule has 1 atom stereocenters. The molecule has 1 saturated heterocycles. The molecule has 9 heteroatoms. The molecular weight excluding hydrogens is 423 g/mol. The topological polar surface area (TPSA) is 56.6 Å². The van der Waals surface area contributed by atoms with Gasteiger partial charge in [0, 0.05) is 29.9 Å². The minimum Gasteiger partial charge on any atom is -0.497 e. The number of halogens is 3. The predicted octanol–water partition coefficient (Wildman–Crippen LogP) is 4.89. The van der Waals surface area contributed by atoms with E-state index in [-0.39, 0.29) is 11.9 Å². The van der Waals surface area contributed by atoms with E-state index in [0.29, 0.717) is 29.3 Å². The molecule has 1 fully saturated rings. The van der Waals surface area contributed by atoms with Gasteiger partial charge in [-0.15, -0.1) is 0 Å². The smallest absolute Gasteiger partial charge is 0.435 e. The number of alkyl halides is 3. The highest BCUT2D eigenvalue weighted by Gasteiger charge is 2.34. The number of methoxy groups -OCH3 is 2. The fourth-order valence-corrected chi connectivity index (χ4v) is 3.97. The Bertz CT molecular complexity index is 1110. The molecule has 6 nitrogen and oxygen atoms in total. The van der Waals surface area contributed by atoms with Crippen LogP contribution in [0.5, 0.6) is 11.5 Å². The summed E-state index contributed by atoms with van der Waals surface area (Å²) >= 11 is 0. The summed E-state index contributed by atoms with van der Waals surface area (Å²) in [5.74, 6) is 1.18. The summed E-state index contributed by atoms with van der Waals surface area (Å²) in [6.07, 6.45) is -1.60. The molecule has 168 valence electrons. The van der Waals surface area contributed by atoms with Crippen LogP contribution in [0.1, 0.15) is 40.5 Å². The molecule has 0 aliphatic carbocycles. The van der Waals surface area contributed by atoms with Crippen LogP contribution in [0.25, 0.3) is 5.69 Å². The van der Waals surface area contributed by atoms with Crippen LogP contribution in [0.4, 0.5) is 13.2 Å². The molecule has 1 unspecified atom stereocenters. The predicted molar refractivity (Wildman–Crippen MR) is 111 cm³/mol. The van der Waals surface area contributed by atoms with Crippen molar-refractivity contribution in [1.29, 1.82) is 0 Å². The SMILES string of the molecule is COc1ccc(C2CCCN2C(=O)c2ccc(-n3ccc(C(F)(F)F)n3)cc2)c(OC)c1. The maximum absolute atomic E-state index is 13.2. The summed E-state index contributed by atoms with van der Waals surface area (Å²) in [5, 5.41) is 3.56. The van der Waals surface area contributed by atoms with Crippen LogP contribution in [0, 0.1) is 0 Å². The Balaban J connectivity index is 1.56. The molecule has 2 aromatic carbocycles. The van der Waals surface area contributed by atoms with Gasteiger partial charge in [0.2, 0.25) is 0 Å². The van der Waals surface area contributed by atoms with Gasteiger partial charge in [-0.1, -0.05) is 0 Å².